The van der Waals surface area contributed by atoms with Crippen LogP contribution >= 0.6 is 0 Å². The van der Waals surface area contributed by atoms with Gasteiger partial charge in [0.25, 0.3) is 5.91 Å². The van der Waals surface area contributed by atoms with Crippen molar-refractivity contribution in [3.05, 3.63) is 76.9 Å². The van der Waals surface area contributed by atoms with E-state index in [1.165, 1.54) is 6.08 Å². The number of carbonyl (C=O) groups is 2. The number of anilines is 1. The van der Waals surface area contributed by atoms with Crippen LogP contribution in [0.4, 0.5) is 5.69 Å². The molecule has 4 N–H and O–H groups in total. The number of nitriles is 1. The predicted molar refractivity (Wildman–Crippen MR) is 139 cm³/mol. The third-order valence-electron chi connectivity index (χ3n) is 5.82. The minimum atomic E-state index is -0.262. The van der Waals surface area contributed by atoms with Crippen molar-refractivity contribution in [3.8, 4) is 6.07 Å². The molecule has 0 aromatic heterocycles. The summed E-state index contributed by atoms with van der Waals surface area (Å²) in [4.78, 5) is 25.8. The second-order valence-corrected chi connectivity index (χ2v) is 8.08. The van der Waals surface area contributed by atoms with Gasteiger partial charge in [0, 0.05) is 65.1 Å². The number of rotatable bonds is 11. The van der Waals surface area contributed by atoms with Gasteiger partial charge < -0.3 is 21.4 Å². The minimum Gasteiger partial charge on any atom is -0.381 e. The van der Waals surface area contributed by atoms with Gasteiger partial charge in [-0.2, -0.15) is 5.26 Å². The molecule has 1 aliphatic heterocycles. The second kappa shape index (κ2) is 12.3. The van der Waals surface area contributed by atoms with Crippen molar-refractivity contribution in [2.75, 3.05) is 38.2 Å². The summed E-state index contributed by atoms with van der Waals surface area (Å²) < 4.78 is 0. The van der Waals surface area contributed by atoms with Gasteiger partial charge in [-0.3, -0.25) is 14.5 Å². The van der Waals surface area contributed by atoms with Gasteiger partial charge >= 0.3 is 0 Å². The zero-order chi connectivity index (χ0) is 25.2. The molecule has 0 saturated heterocycles. The first-order valence-electron chi connectivity index (χ1n) is 11.5. The summed E-state index contributed by atoms with van der Waals surface area (Å²) in [6.07, 6.45) is 4.16. The average molecular weight is 471 g/mol. The molecule has 0 aliphatic carbocycles. The quantitative estimate of drug-likeness (QED) is 0.173. The van der Waals surface area contributed by atoms with Crippen LogP contribution in [0.5, 0.6) is 0 Å². The highest BCUT2D eigenvalue weighted by Crippen LogP contribution is 2.29. The first-order valence-corrected chi connectivity index (χ1v) is 11.5. The number of fused-ring (bicyclic) bond motifs is 1. The highest BCUT2D eigenvalue weighted by Gasteiger charge is 2.16. The van der Waals surface area contributed by atoms with Gasteiger partial charge in [0.1, 0.15) is 0 Å². The summed E-state index contributed by atoms with van der Waals surface area (Å²) in [5.74, 6) is -0.262. The van der Waals surface area contributed by atoms with Crippen LogP contribution in [0, 0.1) is 16.7 Å². The number of hydrogen-bond donors (Lipinski definition) is 4. The molecule has 1 amide bonds. The van der Waals surface area contributed by atoms with Crippen LogP contribution in [-0.2, 0) is 0 Å². The van der Waals surface area contributed by atoms with Crippen molar-refractivity contribution in [2.24, 2.45) is 0 Å². The molecule has 0 bridgehead atoms. The Morgan fingerprint density at radius 1 is 1.29 bits per heavy atom. The third-order valence-corrected chi connectivity index (χ3v) is 5.82. The van der Waals surface area contributed by atoms with Crippen LogP contribution in [0.15, 0.2) is 54.6 Å². The first kappa shape index (κ1) is 25.4. The van der Waals surface area contributed by atoms with Crippen molar-refractivity contribution in [2.45, 2.75) is 13.8 Å². The van der Waals surface area contributed by atoms with E-state index < -0.39 is 0 Å². The van der Waals surface area contributed by atoms with Crippen LogP contribution < -0.4 is 16.0 Å². The Balaban J connectivity index is 1.62. The summed E-state index contributed by atoms with van der Waals surface area (Å²) >= 11 is 0. The lowest BCUT2D eigenvalue weighted by Gasteiger charge is -2.26. The summed E-state index contributed by atoms with van der Waals surface area (Å²) in [5.41, 5.74) is 5.45. The summed E-state index contributed by atoms with van der Waals surface area (Å²) in [6.45, 7) is 6.87. The normalized spacial score (nSPS) is 12.6. The molecule has 2 aromatic rings. The summed E-state index contributed by atoms with van der Waals surface area (Å²) in [5, 5.41) is 26.8. The molecule has 1 heterocycles. The third kappa shape index (κ3) is 6.43. The van der Waals surface area contributed by atoms with Gasteiger partial charge in [0.15, 0.2) is 6.29 Å². The maximum absolute atomic E-state index is 12.5. The fraction of sp³-hybridized carbons (Fsp3) is 0.259. The smallest absolute Gasteiger partial charge is 0.252 e. The van der Waals surface area contributed by atoms with Gasteiger partial charge in [-0.25, -0.2) is 0 Å². The number of carbonyl (C=O) groups excluding carboxylic acids is 2. The molecule has 2 aromatic carbocycles. The first-order chi connectivity index (χ1) is 17.0. The molecule has 35 heavy (non-hydrogen) atoms. The number of nitrogens with zero attached hydrogens (tertiary/aromatic N) is 2. The molecule has 0 spiro atoms. The number of likely N-dealkylation sites (N-methyl/N-ethyl adjacent to an activating group) is 1. The summed E-state index contributed by atoms with van der Waals surface area (Å²) in [6, 6.07) is 14.6. The van der Waals surface area contributed by atoms with E-state index in [4.69, 9.17) is 10.7 Å². The topological polar surface area (TPSA) is 121 Å². The van der Waals surface area contributed by atoms with Gasteiger partial charge in [0.05, 0.1) is 12.7 Å². The van der Waals surface area contributed by atoms with E-state index in [1.54, 1.807) is 31.2 Å². The number of hydrogen-bond acceptors (Lipinski definition) is 7. The van der Waals surface area contributed by atoms with Crippen molar-refractivity contribution < 1.29 is 9.59 Å². The lowest BCUT2D eigenvalue weighted by atomic mass is 9.96. The maximum Gasteiger partial charge on any atom is 0.252 e. The van der Waals surface area contributed by atoms with Gasteiger partial charge in [-0.05, 0) is 43.3 Å². The SMILES string of the molecule is CCN(CCNC(=O)c1ccccc1C=O)CNC1=CCNc2ccc(/C(=C/C#N)C(C)=N)cc21. The molecule has 0 saturated carbocycles. The maximum atomic E-state index is 12.5. The number of amides is 1. The van der Waals surface area contributed by atoms with E-state index in [1.807, 2.05) is 24.3 Å². The Bertz CT molecular complexity index is 1210. The molecule has 1 aliphatic rings. The Kier molecular flexibility index (Phi) is 8.93. The van der Waals surface area contributed by atoms with Gasteiger partial charge in [-0.15, -0.1) is 0 Å². The van der Waals surface area contributed by atoms with Gasteiger partial charge in [0.2, 0.25) is 0 Å². The molecule has 0 unspecified atom stereocenters. The molecular formula is C27H30N6O2. The van der Waals surface area contributed by atoms with Gasteiger partial charge in [-0.1, -0.05) is 31.2 Å². The second-order valence-electron chi connectivity index (χ2n) is 8.08. The molecule has 3 rings (SSSR count). The largest absolute Gasteiger partial charge is 0.381 e. The minimum absolute atomic E-state index is 0.262. The van der Waals surface area contributed by atoms with Crippen molar-refractivity contribution in [1.82, 2.24) is 15.5 Å². The summed E-state index contributed by atoms with van der Waals surface area (Å²) in [7, 11) is 0. The number of benzene rings is 2. The van der Waals surface area contributed by atoms with Crippen LogP contribution in [0.1, 0.15) is 45.7 Å². The molecule has 0 fully saturated rings. The molecule has 0 atom stereocenters. The predicted octanol–water partition coefficient (Wildman–Crippen LogP) is 3.51. The Hall–Kier alpha value is -4.22. The Labute approximate surface area is 205 Å². The van der Waals surface area contributed by atoms with E-state index >= 15 is 0 Å². The zero-order valence-corrected chi connectivity index (χ0v) is 20.0. The lowest BCUT2D eigenvalue weighted by molar-refractivity contribution is 0.0943. The van der Waals surface area contributed by atoms with Crippen molar-refractivity contribution in [3.63, 3.8) is 0 Å². The molecular weight excluding hydrogens is 440 g/mol. The fourth-order valence-electron chi connectivity index (χ4n) is 3.88. The van der Waals surface area contributed by atoms with Crippen LogP contribution in [0.3, 0.4) is 0 Å². The monoisotopic (exact) mass is 470 g/mol. The molecule has 8 nitrogen and oxygen atoms in total. The highest BCUT2D eigenvalue weighted by molar-refractivity contribution is 6.21. The number of aldehydes is 1. The van der Waals surface area contributed by atoms with Crippen LogP contribution in [-0.4, -0.2) is 55.7 Å². The van der Waals surface area contributed by atoms with Crippen LogP contribution in [0.2, 0.25) is 0 Å². The number of allylic oxidation sites excluding steroid dienone is 2. The molecule has 0 radical (unpaired) electrons. The fourth-order valence-corrected chi connectivity index (χ4v) is 3.88. The molecule has 180 valence electrons. The highest BCUT2D eigenvalue weighted by atomic mass is 16.1. The van der Waals surface area contributed by atoms with Crippen molar-refractivity contribution in [1.29, 1.82) is 10.7 Å². The van der Waals surface area contributed by atoms with E-state index in [-0.39, 0.29) is 5.91 Å². The lowest BCUT2D eigenvalue weighted by Crippen LogP contribution is -2.39. The van der Waals surface area contributed by atoms with E-state index in [0.717, 1.165) is 29.1 Å². The number of nitrogens with one attached hydrogen (secondary N) is 4. The standard InChI is InChI=1S/C27H30N6O2/c1-3-33(15-14-31-27(35)23-7-5-4-6-21(23)17-34)18-32-26-11-13-30-25-9-8-20(16-24(25)26)22(10-12-28)19(2)29/h4-11,16-17,29-30,32H,3,13-15,18H2,1-2H3,(H,31,35)/b22-10+,29-19?. The van der Waals surface area contributed by atoms with E-state index in [9.17, 15) is 9.59 Å². The van der Waals surface area contributed by atoms with Crippen LogP contribution in [0.25, 0.3) is 11.3 Å². The zero-order valence-electron chi connectivity index (χ0n) is 20.0. The Morgan fingerprint density at radius 2 is 2.09 bits per heavy atom. The Morgan fingerprint density at radius 3 is 2.80 bits per heavy atom. The average Bonchev–Trinajstić information content (AvgIpc) is 2.88. The van der Waals surface area contributed by atoms with E-state index in [0.29, 0.717) is 55.0 Å². The molecule has 8 heteroatoms. The van der Waals surface area contributed by atoms with Crippen molar-refractivity contribution >= 4 is 34.9 Å². The van der Waals surface area contributed by atoms with E-state index in [2.05, 4.69) is 33.9 Å².